The highest BCUT2D eigenvalue weighted by Gasteiger charge is 2.29. The number of hydrogen-bond donors (Lipinski definition) is 2. The van der Waals surface area contributed by atoms with Gasteiger partial charge in [-0.05, 0) is 23.6 Å². The number of aliphatic hydroxyl groups excluding tert-OH is 1. The van der Waals surface area contributed by atoms with Crippen molar-refractivity contribution in [3.05, 3.63) is 47.6 Å². The van der Waals surface area contributed by atoms with E-state index < -0.39 is 16.4 Å². The Labute approximate surface area is 172 Å². The highest BCUT2D eigenvalue weighted by Crippen LogP contribution is 2.22. The van der Waals surface area contributed by atoms with E-state index in [1.165, 1.54) is 17.2 Å². The molecule has 164 valence electrons. The molecule has 6 nitrogen and oxygen atoms in total. The largest absolute Gasteiger partial charge is 0.392 e. The van der Waals surface area contributed by atoms with Crippen molar-refractivity contribution >= 4 is 9.84 Å². The summed E-state index contributed by atoms with van der Waals surface area (Å²) < 4.78 is 24.2. The molecular weight excluding hydrogens is 376 g/mol. The Hall–Kier alpha value is -1.41. The van der Waals surface area contributed by atoms with Crippen LogP contribution in [0, 0.1) is 5.92 Å². The number of allylic oxidation sites excluding steroid dienone is 2. The number of rotatable bonds is 7. The molecule has 1 fully saturated rings. The summed E-state index contributed by atoms with van der Waals surface area (Å²) in [6.45, 7) is 20.6. The maximum Gasteiger partial charge on any atom is 0.175 e. The predicted molar refractivity (Wildman–Crippen MR) is 119 cm³/mol. The van der Waals surface area contributed by atoms with Crippen molar-refractivity contribution in [3.8, 4) is 0 Å². The second kappa shape index (κ2) is 14.6. The molecule has 7 heteroatoms. The maximum absolute atomic E-state index is 12.1. The van der Waals surface area contributed by atoms with E-state index >= 15 is 0 Å². The van der Waals surface area contributed by atoms with Crippen LogP contribution in [0.4, 0.5) is 0 Å². The maximum atomic E-state index is 12.1. The van der Waals surface area contributed by atoms with E-state index in [9.17, 15) is 18.7 Å². The number of piperazine rings is 1. The molecule has 1 aliphatic heterocycles. The summed E-state index contributed by atoms with van der Waals surface area (Å²) in [7, 11) is -3.54. The lowest BCUT2D eigenvalue weighted by molar-refractivity contribution is -0.162. The zero-order chi connectivity index (χ0) is 22.5. The third kappa shape index (κ3) is 8.73. The topological polar surface area (TPSA) is 81.1 Å². The first-order chi connectivity index (χ1) is 13.1. The summed E-state index contributed by atoms with van der Waals surface area (Å²) in [6.07, 6.45) is 5.55. The van der Waals surface area contributed by atoms with Crippen LogP contribution in [0.5, 0.6) is 0 Å². The van der Waals surface area contributed by atoms with Gasteiger partial charge in [0.15, 0.2) is 9.84 Å². The first-order valence-electron chi connectivity index (χ1n) is 9.86. The van der Waals surface area contributed by atoms with Crippen molar-refractivity contribution in [1.82, 2.24) is 9.96 Å². The highest BCUT2D eigenvalue weighted by molar-refractivity contribution is 7.94. The Balaban J connectivity index is 0. The van der Waals surface area contributed by atoms with E-state index in [1.54, 1.807) is 6.08 Å². The molecular formula is C21H40N2O4S. The van der Waals surface area contributed by atoms with Crippen molar-refractivity contribution in [2.24, 2.45) is 5.92 Å². The third-order valence-corrected chi connectivity index (χ3v) is 5.32. The number of hydrogen-bond acceptors (Lipinski definition) is 6. The van der Waals surface area contributed by atoms with Gasteiger partial charge in [-0.3, -0.25) is 0 Å². The van der Waals surface area contributed by atoms with Crippen LogP contribution < -0.4 is 0 Å². The second-order valence-corrected chi connectivity index (χ2v) is 8.20. The molecule has 0 radical (unpaired) electrons. The van der Waals surface area contributed by atoms with Crippen molar-refractivity contribution in [3.63, 3.8) is 0 Å². The molecule has 1 heterocycles. The molecule has 2 N–H and O–H groups in total. The van der Waals surface area contributed by atoms with Crippen LogP contribution in [0.25, 0.3) is 0 Å². The molecule has 1 rings (SSSR count). The van der Waals surface area contributed by atoms with Gasteiger partial charge in [0.2, 0.25) is 0 Å². The number of aliphatic hydroxyl groups is 1. The summed E-state index contributed by atoms with van der Waals surface area (Å²) in [5, 5.41) is 20.7. The van der Waals surface area contributed by atoms with E-state index in [0.717, 1.165) is 6.26 Å². The first kappa shape index (κ1) is 28.8. The normalized spacial score (nSPS) is 19.0. The van der Waals surface area contributed by atoms with Crippen molar-refractivity contribution < 1.29 is 18.7 Å². The van der Waals surface area contributed by atoms with Crippen LogP contribution >= 0.6 is 0 Å². The smallest absolute Gasteiger partial charge is 0.175 e. The Kier molecular flexibility index (Phi) is 15.0. The summed E-state index contributed by atoms with van der Waals surface area (Å²) >= 11 is 0. The molecule has 1 unspecified atom stereocenters. The highest BCUT2D eigenvalue weighted by atomic mass is 32.2. The van der Waals surface area contributed by atoms with Gasteiger partial charge in [0.1, 0.15) is 0 Å². The fraction of sp³-hybridized carbons (Fsp3) is 0.619. The van der Waals surface area contributed by atoms with Gasteiger partial charge >= 0.3 is 0 Å². The van der Waals surface area contributed by atoms with E-state index in [4.69, 9.17) is 0 Å². The fourth-order valence-electron chi connectivity index (χ4n) is 2.68. The lowest BCUT2D eigenvalue weighted by Gasteiger charge is -2.41. The molecule has 0 aliphatic carbocycles. The summed E-state index contributed by atoms with van der Waals surface area (Å²) in [5.74, 6) is 0.245. The van der Waals surface area contributed by atoms with Gasteiger partial charge in [0.05, 0.1) is 17.6 Å². The van der Waals surface area contributed by atoms with Gasteiger partial charge < -0.3 is 15.2 Å². The summed E-state index contributed by atoms with van der Waals surface area (Å²) in [5.41, 5.74) is 0.889. The molecule has 0 amide bonds. The van der Waals surface area contributed by atoms with Crippen LogP contribution in [0.1, 0.15) is 41.5 Å². The van der Waals surface area contributed by atoms with Crippen LogP contribution in [0.2, 0.25) is 0 Å². The number of sulfone groups is 1. The van der Waals surface area contributed by atoms with Gasteiger partial charge in [0, 0.05) is 31.6 Å². The van der Waals surface area contributed by atoms with Crippen LogP contribution in [0.3, 0.4) is 0 Å². The second-order valence-electron chi connectivity index (χ2n) is 6.22. The van der Waals surface area contributed by atoms with Gasteiger partial charge in [-0.15, -0.1) is 0 Å². The number of nitrogens with zero attached hydrogens (tertiary/aromatic N) is 2. The van der Waals surface area contributed by atoms with Gasteiger partial charge in [0.25, 0.3) is 0 Å². The SMILES string of the molecule is C=C/C(CO)=C(\C=C(/C=C)N1CCN(O)C(C(C)C)C1)S(C)(=O)=O.CC.CC. The van der Waals surface area contributed by atoms with Gasteiger partial charge in [-0.2, -0.15) is 5.06 Å². The summed E-state index contributed by atoms with van der Waals surface area (Å²) in [6, 6.07) is -0.0514. The zero-order valence-corrected chi connectivity index (χ0v) is 19.5. The lowest BCUT2D eigenvalue weighted by Crippen LogP contribution is -2.53. The third-order valence-electron chi connectivity index (χ3n) is 4.14. The lowest BCUT2D eigenvalue weighted by atomic mass is 10.0. The quantitative estimate of drug-likeness (QED) is 0.617. The standard InChI is InChI=1S/C17H28N2O4S.2C2H6/c1-6-14(12-20)17(24(5,22)23)10-15(7-2)18-8-9-19(21)16(11-18)13(3)4;2*1-2/h6-7,10,13,16,20-21H,1-2,8-9,11-12H2,3-5H3;2*1-2H3/b15-10+,17-14-;;. The average Bonchev–Trinajstić information content (AvgIpc) is 2.68. The molecule has 1 saturated heterocycles. The Bertz CT molecular complexity index is 637. The Morgan fingerprint density at radius 2 is 1.68 bits per heavy atom. The Morgan fingerprint density at radius 3 is 2.04 bits per heavy atom. The molecule has 0 spiro atoms. The first-order valence-corrected chi connectivity index (χ1v) is 11.8. The van der Waals surface area contributed by atoms with Crippen LogP contribution in [-0.4, -0.2) is 67.2 Å². The van der Waals surface area contributed by atoms with Crippen LogP contribution in [-0.2, 0) is 9.84 Å². The van der Waals surface area contributed by atoms with Gasteiger partial charge in [-0.25, -0.2) is 8.42 Å². The molecule has 1 aliphatic rings. The Morgan fingerprint density at radius 1 is 1.14 bits per heavy atom. The molecule has 0 aromatic heterocycles. The van der Waals surface area contributed by atoms with E-state index in [0.29, 0.717) is 25.3 Å². The van der Waals surface area contributed by atoms with E-state index in [1.807, 2.05) is 46.4 Å². The molecule has 1 atom stereocenters. The molecule has 0 saturated carbocycles. The van der Waals surface area contributed by atoms with Crippen molar-refractivity contribution in [2.75, 3.05) is 32.5 Å². The molecule has 0 aromatic carbocycles. The predicted octanol–water partition coefficient (Wildman–Crippen LogP) is 3.62. The molecule has 0 bridgehead atoms. The van der Waals surface area contributed by atoms with Crippen molar-refractivity contribution in [1.29, 1.82) is 0 Å². The van der Waals surface area contributed by atoms with E-state index in [2.05, 4.69) is 13.2 Å². The van der Waals surface area contributed by atoms with Crippen molar-refractivity contribution in [2.45, 2.75) is 47.6 Å². The minimum Gasteiger partial charge on any atom is -0.392 e. The molecule has 28 heavy (non-hydrogen) atoms. The monoisotopic (exact) mass is 416 g/mol. The van der Waals surface area contributed by atoms with E-state index in [-0.39, 0.29) is 22.4 Å². The average molecular weight is 417 g/mol. The van der Waals surface area contributed by atoms with Crippen LogP contribution in [0.15, 0.2) is 47.6 Å². The minimum atomic E-state index is -3.54. The molecule has 0 aromatic rings. The number of hydroxylamine groups is 2. The fourth-order valence-corrected chi connectivity index (χ4v) is 3.64. The van der Waals surface area contributed by atoms with Gasteiger partial charge in [-0.1, -0.05) is 60.8 Å². The summed E-state index contributed by atoms with van der Waals surface area (Å²) in [4.78, 5) is 2.02. The zero-order valence-electron chi connectivity index (χ0n) is 18.6. The minimum absolute atomic E-state index is 0.0300.